The molecule has 1 unspecified atom stereocenters. The molecule has 0 spiro atoms. The van der Waals surface area contributed by atoms with E-state index in [9.17, 15) is 14.4 Å². The SMILES string of the molecule is CC1CC(=O)N(CCC(=O)NN)C1=O. The molecule has 1 fully saturated rings. The van der Waals surface area contributed by atoms with Gasteiger partial charge in [0.1, 0.15) is 0 Å². The Morgan fingerprint density at radius 3 is 2.71 bits per heavy atom. The summed E-state index contributed by atoms with van der Waals surface area (Å²) in [6.07, 6.45) is 0.295. The molecular weight excluding hydrogens is 186 g/mol. The predicted molar refractivity (Wildman–Crippen MR) is 47.4 cm³/mol. The van der Waals surface area contributed by atoms with Crippen LogP contribution in [0.5, 0.6) is 0 Å². The van der Waals surface area contributed by atoms with E-state index in [0.29, 0.717) is 0 Å². The number of hydrogen-bond donors (Lipinski definition) is 2. The second-order valence-corrected chi connectivity index (χ2v) is 3.31. The van der Waals surface area contributed by atoms with Gasteiger partial charge >= 0.3 is 0 Å². The number of hydrazine groups is 1. The van der Waals surface area contributed by atoms with E-state index in [4.69, 9.17) is 5.84 Å². The van der Waals surface area contributed by atoms with E-state index in [2.05, 4.69) is 0 Å². The Hall–Kier alpha value is -1.43. The van der Waals surface area contributed by atoms with Crippen molar-refractivity contribution in [3.8, 4) is 0 Å². The molecule has 0 aromatic heterocycles. The number of hydrogen-bond acceptors (Lipinski definition) is 4. The summed E-state index contributed by atoms with van der Waals surface area (Å²) in [5.74, 6) is 3.80. The topological polar surface area (TPSA) is 92.5 Å². The van der Waals surface area contributed by atoms with Crippen LogP contribution in [0.25, 0.3) is 0 Å². The molecule has 0 radical (unpaired) electrons. The Morgan fingerprint density at radius 1 is 1.64 bits per heavy atom. The maximum absolute atomic E-state index is 11.4. The molecule has 0 bridgehead atoms. The van der Waals surface area contributed by atoms with E-state index in [1.165, 1.54) is 0 Å². The lowest BCUT2D eigenvalue weighted by Gasteiger charge is -2.12. The van der Waals surface area contributed by atoms with Crippen LogP contribution in [0.3, 0.4) is 0 Å². The van der Waals surface area contributed by atoms with Crippen molar-refractivity contribution in [2.75, 3.05) is 6.54 Å². The summed E-state index contributed by atoms with van der Waals surface area (Å²) >= 11 is 0. The molecule has 6 nitrogen and oxygen atoms in total. The number of likely N-dealkylation sites (tertiary alicyclic amines) is 1. The van der Waals surface area contributed by atoms with Gasteiger partial charge < -0.3 is 0 Å². The highest BCUT2D eigenvalue weighted by Crippen LogP contribution is 2.18. The van der Waals surface area contributed by atoms with E-state index in [0.717, 1.165) is 4.90 Å². The first-order chi connectivity index (χ1) is 6.56. The minimum atomic E-state index is -0.384. The number of rotatable bonds is 3. The Bertz CT molecular complexity index is 277. The van der Waals surface area contributed by atoms with Gasteiger partial charge in [-0.15, -0.1) is 0 Å². The minimum Gasteiger partial charge on any atom is -0.294 e. The summed E-state index contributed by atoms with van der Waals surface area (Å²) in [5.41, 5.74) is 1.94. The normalized spacial score (nSPS) is 21.6. The van der Waals surface area contributed by atoms with Crippen LogP contribution in [0, 0.1) is 5.92 Å². The summed E-state index contributed by atoms with van der Waals surface area (Å²) in [6.45, 7) is 1.81. The van der Waals surface area contributed by atoms with E-state index >= 15 is 0 Å². The van der Waals surface area contributed by atoms with Crippen LogP contribution in [-0.4, -0.2) is 29.2 Å². The standard InChI is InChI=1S/C8H13N3O3/c1-5-4-7(13)11(8(5)14)3-2-6(12)10-9/h5H,2-4,9H2,1H3,(H,10,12). The highest BCUT2D eigenvalue weighted by atomic mass is 16.2. The second kappa shape index (κ2) is 4.19. The van der Waals surface area contributed by atoms with Gasteiger partial charge in [0, 0.05) is 25.3 Å². The summed E-state index contributed by atoms with van der Waals surface area (Å²) < 4.78 is 0. The molecule has 1 aliphatic rings. The third-order valence-corrected chi connectivity index (χ3v) is 2.19. The third kappa shape index (κ3) is 2.08. The van der Waals surface area contributed by atoms with Gasteiger partial charge in [-0.3, -0.25) is 24.7 Å². The zero-order valence-corrected chi connectivity index (χ0v) is 7.95. The van der Waals surface area contributed by atoms with Crippen molar-refractivity contribution in [3.63, 3.8) is 0 Å². The van der Waals surface area contributed by atoms with Crippen LogP contribution < -0.4 is 11.3 Å². The minimum absolute atomic E-state index is 0.0562. The molecule has 1 rings (SSSR count). The van der Waals surface area contributed by atoms with E-state index in [1.807, 2.05) is 5.43 Å². The van der Waals surface area contributed by atoms with Gasteiger partial charge in [-0.25, -0.2) is 5.84 Å². The number of carbonyl (C=O) groups excluding carboxylic acids is 3. The van der Waals surface area contributed by atoms with E-state index in [1.54, 1.807) is 6.92 Å². The molecule has 3 amide bonds. The smallest absolute Gasteiger partial charge is 0.235 e. The van der Waals surface area contributed by atoms with Crippen molar-refractivity contribution < 1.29 is 14.4 Å². The number of nitrogens with zero attached hydrogens (tertiary/aromatic N) is 1. The van der Waals surface area contributed by atoms with Crippen LogP contribution in [0.4, 0.5) is 0 Å². The van der Waals surface area contributed by atoms with Gasteiger partial charge in [-0.1, -0.05) is 6.92 Å². The van der Waals surface area contributed by atoms with Gasteiger partial charge in [-0.2, -0.15) is 0 Å². The first-order valence-corrected chi connectivity index (χ1v) is 4.40. The predicted octanol–water partition coefficient (Wildman–Crippen LogP) is -1.24. The zero-order chi connectivity index (χ0) is 10.7. The number of nitrogens with two attached hydrogens (primary N) is 1. The van der Waals surface area contributed by atoms with Crippen LogP contribution in [-0.2, 0) is 14.4 Å². The summed E-state index contributed by atoms with van der Waals surface area (Å²) in [7, 11) is 0. The van der Waals surface area contributed by atoms with Crippen molar-refractivity contribution in [2.24, 2.45) is 11.8 Å². The molecule has 1 atom stereocenters. The molecule has 3 N–H and O–H groups in total. The molecule has 0 aromatic rings. The van der Waals surface area contributed by atoms with Crippen molar-refractivity contribution in [1.29, 1.82) is 0 Å². The van der Waals surface area contributed by atoms with Crippen LogP contribution in [0.15, 0.2) is 0 Å². The van der Waals surface area contributed by atoms with Crippen molar-refractivity contribution in [1.82, 2.24) is 10.3 Å². The van der Waals surface area contributed by atoms with E-state index < -0.39 is 0 Å². The zero-order valence-electron chi connectivity index (χ0n) is 7.95. The van der Waals surface area contributed by atoms with Crippen molar-refractivity contribution >= 4 is 17.7 Å². The number of carbonyl (C=O) groups is 3. The summed E-state index contributed by atoms with van der Waals surface area (Å²) in [6, 6.07) is 0. The van der Waals surface area contributed by atoms with Crippen molar-refractivity contribution in [3.05, 3.63) is 0 Å². The molecule has 0 aromatic carbocycles. The van der Waals surface area contributed by atoms with Gasteiger partial charge in [0.05, 0.1) is 0 Å². The van der Waals surface area contributed by atoms with E-state index in [-0.39, 0.29) is 43.0 Å². The Balaban J connectivity index is 2.48. The molecule has 6 heteroatoms. The quantitative estimate of drug-likeness (QED) is 0.257. The fourth-order valence-corrected chi connectivity index (χ4v) is 1.37. The third-order valence-electron chi connectivity index (χ3n) is 2.19. The lowest BCUT2D eigenvalue weighted by molar-refractivity contribution is -0.139. The average molecular weight is 199 g/mol. The van der Waals surface area contributed by atoms with Crippen LogP contribution >= 0.6 is 0 Å². The largest absolute Gasteiger partial charge is 0.294 e. The fraction of sp³-hybridized carbons (Fsp3) is 0.625. The van der Waals surface area contributed by atoms with Crippen LogP contribution in [0.2, 0.25) is 0 Å². The first kappa shape index (κ1) is 10.6. The van der Waals surface area contributed by atoms with Gasteiger partial charge in [0.25, 0.3) is 0 Å². The highest BCUT2D eigenvalue weighted by molar-refractivity contribution is 6.03. The first-order valence-electron chi connectivity index (χ1n) is 4.40. The lowest BCUT2D eigenvalue weighted by Crippen LogP contribution is -2.36. The Morgan fingerprint density at radius 2 is 2.29 bits per heavy atom. The molecule has 1 saturated heterocycles. The summed E-state index contributed by atoms with van der Waals surface area (Å²) in [5, 5.41) is 0. The molecule has 1 heterocycles. The van der Waals surface area contributed by atoms with Gasteiger partial charge in [0.15, 0.2) is 0 Å². The van der Waals surface area contributed by atoms with Gasteiger partial charge in [0.2, 0.25) is 17.7 Å². The lowest BCUT2D eigenvalue weighted by atomic mass is 10.1. The van der Waals surface area contributed by atoms with Gasteiger partial charge in [-0.05, 0) is 0 Å². The number of imide groups is 1. The molecule has 0 saturated carbocycles. The molecule has 1 aliphatic heterocycles. The number of amides is 3. The van der Waals surface area contributed by atoms with Crippen molar-refractivity contribution in [2.45, 2.75) is 19.8 Å². The van der Waals surface area contributed by atoms with Crippen LogP contribution in [0.1, 0.15) is 19.8 Å². The highest BCUT2D eigenvalue weighted by Gasteiger charge is 2.35. The molecular formula is C8H13N3O3. The Kier molecular flexibility index (Phi) is 3.19. The Labute approximate surface area is 81.4 Å². The maximum atomic E-state index is 11.4. The number of nitrogens with one attached hydrogen (secondary N) is 1. The fourth-order valence-electron chi connectivity index (χ4n) is 1.37. The average Bonchev–Trinajstić information content (AvgIpc) is 2.39. The monoisotopic (exact) mass is 199 g/mol. The summed E-state index contributed by atoms with van der Waals surface area (Å²) in [4.78, 5) is 34.5. The molecule has 78 valence electrons. The molecule has 0 aliphatic carbocycles. The second-order valence-electron chi connectivity index (χ2n) is 3.31. The maximum Gasteiger partial charge on any atom is 0.235 e. The molecule has 14 heavy (non-hydrogen) atoms.